The number of rotatable bonds is 2. The minimum Gasteiger partial charge on any atom is -0.504 e. The summed E-state index contributed by atoms with van der Waals surface area (Å²) in [5, 5.41) is 14.0. The largest absolute Gasteiger partial charge is 0.504 e. The fraction of sp³-hybridized carbons (Fsp3) is 0.308. The van der Waals surface area contributed by atoms with Gasteiger partial charge in [-0.05, 0) is 26.8 Å². The van der Waals surface area contributed by atoms with Crippen LogP contribution in [0.1, 0.15) is 25.6 Å². The van der Waals surface area contributed by atoms with Crippen molar-refractivity contribution in [2.75, 3.05) is 0 Å². The molecule has 0 aliphatic rings. The van der Waals surface area contributed by atoms with Crippen molar-refractivity contribution in [1.29, 1.82) is 0 Å². The molecule has 0 spiro atoms. The number of halogens is 3. The summed E-state index contributed by atoms with van der Waals surface area (Å²) < 4.78 is 41.2. The van der Waals surface area contributed by atoms with Gasteiger partial charge < -0.3 is 5.11 Å². The first-order chi connectivity index (χ1) is 8.82. The van der Waals surface area contributed by atoms with E-state index in [0.29, 0.717) is 17.8 Å². The number of hydrogen-bond donors (Lipinski definition) is 1. The van der Waals surface area contributed by atoms with Gasteiger partial charge in [-0.2, -0.15) is 5.10 Å². The van der Waals surface area contributed by atoms with Crippen molar-refractivity contribution in [3.05, 3.63) is 35.3 Å². The highest BCUT2D eigenvalue weighted by Gasteiger charge is 2.21. The zero-order valence-electron chi connectivity index (χ0n) is 10.7. The number of hydrogen-bond acceptors (Lipinski definition) is 2. The van der Waals surface area contributed by atoms with E-state index in [0.717, 1.165) is 0 Å². The average molecular weight is 270 g/mol. The molecule has 1 heterocycles. The molecule has 3 nitrogen and oxygen atoms in total. The molecule has 1 N–H and O–H groups in total. The van der Waals surface area contributed by atoms with E-state index in [4.69, 9.17) is 0 Å². The Hall–Kier alpha value is -1.98. The molecule has 0 atom stereocenters. The number of nitrogens with zero attached hydrogens (tertiary/aromatic N) is 2. The maximum absolute atomic E-state index is 13.7. The van der Waals surface area contributed by atoms with Crippen molar-refractivity contribution in [2.45, 2.75) is 26.8 Å². The minimum absolute atomic E-state index is 0.0481. The smallest absolute Gasteiger partial charge is 0.164 e. The zero-order chi connectivity index (χ0) is 14.3. The van der Waals surface area contributed by atoms with Crippen LogP contribution in [0, 0.1) is 24.4 Å². The van der Waals surface area contributed by atoms with Gasteiger partial charge in [-0.15, -0.1) is 0 Å². The van der Waals surface area contributed by atoms with Crippen LogP contribution in [0.4, 0.5) is 13.2 Å². The Morgan fingerprint density at radius 2 is 1.68 bits per heavy atom. The molecule has 0 saturated carbocycles. The summed E-state index contributed by atoms with van der Waals surface area (Å²) in [7, 11) is 0. The van der Waals surface area contributed by atoms with Crippen LogP contribution in [-0.2, 0) is 0 Å². The standard InChI is InChI=1S/C13H13F3N2O/c1-6(2)18-7(3)13(19)12(17-18)8-4-10(15)11(16)5-9(8)14/h4-6,19H,1-3H3. The summed E-state index contributed by atoms with van der Waals surface area (Å²) in [4.78, 5) is 0. The summed E-state index contributed by atoms with van der Waals surface area (Å²) in [5.74, 6) is -3.67. The zero-order valence-corrected chi connectivity index (χ0v) is 10.7. The Morgan fingerprint density at radius 1 is 1.11 bits per heavy atom. The maximum atomic E-state index is 13.7. The molecular formula is C13H13F3N2O. The molecule has 102 valence electrons. The Balaban J connectivity index is 2.66. The lowest BCUT2D eigenvalue weighted by molar-refractivity contribution is 0.461. The Labute approximate surface area is 108 Å². The monoisotopic (exact) mass is 270 g/mol. The quantitative estimate of drug-likeness (QED) is 0.847. The maximum Gasteiger partial charge on any atom is 0.164 e. The summed E-state index contributed by atoms with van der Waals surface area (Å²) in [6.07, 6.45) is 0. The lowest BCUT2D eigenvalue weighted by Crippen LogP contribution is -2.04. The second-order valence-corrected chi connectivity index (χ2v) is 4.57. The molecule has 0 amide bonds. The average Bonchev–Trinajstić information content (AvgIpc) is 2.62. The van der Waals surface area contributed by atoms with Crippen LogP contribution in [-0.4, -0.2) is 14.9 Å². The highest BCUT2D eigenvalue weighted by Crippen LogP contribution is 2.34. The van der Waals surface area contributed by atoms with Gasteiger partial charge in [0.25, 0.3) is 0 Å². The first-order valence-corrected chi connectivity index (χ1v) is 5.76. The molecule has 2 rings (SSSR count). The van der Waals surface area contributed by atoms with E-state index in [2.05, 4.69) is 5.10 Å². The minimum atomic E-state index is -1.28. The summed E-state index contributed by atoms with van der Waals surface area (Å²) in [5.41, 5.74) is 0.0793. The summed E-state index contributed by atoms with van der Waals surface area (Å²) in [6, 6.07) is 1.08. The molecule has 1 aromatic heterocycles. The van der Waals surface area contributed by atoms with E-state index in [1.807, 2.05) is 13.8 Å². The first kappa shape index (κ1) is 13.5. The van der Waals surface area contributed by atoms with Crippen molar-refractivity contribution in [3.8, 4) is 17.0 Å². The van der Waals surface area contributed by atoms with E-state index in [1.165, 1.54) is 4.68 Å². The molecule has 0 radical (unpaired) electrons. The molecule has 0 saturated heterocycles. The van der Waals surface area contributed by atoms with Crippen LogP contribution >= 0.6 is 0 Å². The third-order valence-electron chi connectivity index (χ3n) is 2.87. The second kappa shape index (κ2) is 4.60. The van der Waals surface area contributed by atoms with Gasteiger partial charge in [0.2, 0.25) is 0 Å². The van der Waals surface area contributed by atoms with Gasteiger partial charge in [-0.25, -0.2) is 13.2 Å². The van der Waals surface area contributed by atoms with E-state index in [9.17, 15) is 18.3 Å². The van der Waals surface area contributed by atoms with Gasteiger partial charge in [0.15, 0.2) is 17.4 Å². The van der Waals surface area contributed by atoms with Gasteiger partial charge in [0.05, 0.1) is 5.69 Å². The topological polar surface area (TPSA) is 38.1 Å². The third-order valence-corrected chi connectivity index (χ3v) is 2.87. The molecular weight excluding hydrogens is 257 g/mol. The Bertz CT molecular complexity index is 635. The van der Waals surface area contributed by atoms with E-state index in [1.54, 1.807) is 6.92 Å². The van der Waals surface area contributed by atoms with Crippen LogP contribution in [0.5, 0.6) is 5.75 Å². The van der Waals surface area contributed by atoms with Crippen LogP contribution < -0.4 is 0 Å². The number of aromatic nitrogens is 2. The van der Waals surface area contributed by atoms with Crippen molar-refractivity contribution in [1.82, 2.24) is 9.78 Å². The van der Waals surface area contributed by atoms with Gasteiger partial charge in [-0.3, -0.25) is 4.68 Å². The lowest BCUT2D eigenvalue weighted by Gasteiger charge is -2.06. The third kappa shape index (κ3) is 2.18. The molecule has 2 aromatic rings. The van der Waals surface area contributed by atoms with Crippen molar-refractivity contribution in [2.24, 2.45) is 0 Å². The van der Waals surface area contributed by atoms with Gasteiger partial charge in [-0.1, -0.05) is 0 Å². The number of aromatic hydroxyl groups is 1. The highest BCUT2D eigenvalue weighted by molar-refractivity contribution is 5.67. The Morgan fingerprint density at radius 3 is 2.21 bits per heavy atom. The molecule has 0 aliphatic carbocycles. The molecule has 6 heteroatoms. The SMILES string of the molecule is Cc1c(O)c(-c2cc(F)c(F)cc2F)nn1C(C)C. The normalized spacial score (nSPS) is 11.3. The van der Waals surface area contributed by atoms with Crippen LogP contribution in [0.25, 0.3) is 11.3 Å². The van der Waals surface area contributed by atoms with Crippen LogP contribution in [0.2, 0.25) is 0 Å². The fourth-order valence-electron chi connectivity index (χ4n) is 1.90. The molecule has 0 bridgehead atoms. The predicted octanol–water partition coefficient (Wildman–Crippen LogP) is 3.56. The van der Waals surface area contributed by atoms with Gasteiger partial charge >= 0.3 is 0 Å². The summed E-state index contributed by atoms with van der Waals surface area (Å²) in [6.45, 7) is 5.29. The van der Waals surface area contributed by atoms with Crippen LogP contribution in [0.15, 0.2) is 12.1 Å². The van der Waals surface area contributed by atoms with E-state index < -0.39 is 17.5 Å². The molecule has 19 heavy (non-hydrogen) atoms. The molecule has 1 aromatic carbocycles. The van der Waals surface area contributed by atoms with Gasteiger partial charge in [0, 0.05) is 17.7 Å². The fourth-order valence-corrected chi connectivity index (χ4v) is 1.90. The van der Waals surface area contributed by atoms with Crippen molar-refractivity contribution < 1.29 is 18.3 Å². The molecule has 0 aliphatic heterocycles. The molecule has 0 fully saturated rings. The summed E-state index contributed by atoms with van der Waals surface area (Å²) >= 11 is 0. The van der Waals surface area contributed by atoms with Crippen molar-refractivity contribution >= 4 is 0 Å². The van der Waals surface area contributed by atoms with Gasteiger partial charge in [0.1, 0.15) is 11.5 Å². The van der Waals surface area contributed by atoms with E-state index in [-0.39, 0.29) is 23.0 Å². The van der Waals surface area contributed by atoms with Crippen molar-refractivity contribution in [3.63, 3.8) is 0 Å². The molecule has 0 unspecified atom stereocenters. The first-order valence-electron chi connectivity index (χ1n) is 5.76. The second-order valence-electron chi connectivity index (χ2n) is 4.57. The lowest BCUT2D eigenvalue weighted by atomic mass is 10.1. The Kier molecular flexibility index (Phi) is 3.26. The number of benzene rings is 1. The predicted molar refractivity (Wildman–Crippen MR) is 64.3 cm³/mol. The highest BCUT2D eigenvalue weighted by atomic mass is 19.2. The van der Waals surface area contributed by atoms with Crippen LogP contribution in [0.3, 0.4) is 0 Å². The van der Waals surface area contributed by atoms with E-state index >= 15 is 0 Å².